The molecule has 1 unspecified atom stereocenters. The number of aliphatic imine (C=N–C) groups is 3. The predicted octanol–water partition coefficient (Wildman–Crippen LogP) is 7.32. The van der Waals surface area contributed by atoms with E-state index in [1.54, 1.807) is 0 Å². The zero-order chi connectivity index (χ0) is 55.1. The van der Waals surface area contributed by atoms with Crippen molar-refractivity contribution in [3.05, 3.63) is 34.3 Å². The molecule has 1 saturated heterocycles. The Hall–Kier alpha value is -6.12. The summed E-state index contributed by atoms with van der Waals surface area (Å²) in [5.74, 6) is -3.22. The fourth-order valence-electron chi connectivity index (χ4n) is 12.7. The number of carbonyl (C=O) groups is 7. The fourth-order valence-corrected chi connectivity index (χ4v) is 12.7. The summed E-state index contributed by atoms with van der Waals surface area (Å²) in [6.45, 7) is 15.8. The molecule has 9 atom stereocenters. The number of rotatable bonds is 21. The number of hydrogen-bond donors (Lipinski definition) is 1. The molecule has 0 amide bonds. The topological polar surface area (TPSA) is 233 Å². The number of methoxy groups -OCH3 is 6. The third-order valence-electron chi connectivity index (χ3n) is 17.3. The first-order valence-corrected chi connectivity index (χ1v) is 25.5. The van der Waals surface area contributed by atoms with E-state index < -0.39 is 98.7 Å². The van der Waals surface area contributed by atoms with Gasteiger partial charge in [-0.05, 0) is 70.1 Å². The Labute approximate surface area is 436 Å². The van der Waals surface area contributed by atoms with Crippen LogP contribution in [0.2, 0.25) is 0 Å². The second-order valence-electron chi connectivity index (χ2n) is 21.7. The SMILES string of the molecule is C#CCCCOC(=O)C[C@]1(C)/C2=C(\C)C3=N[C@@](C)(C4N=C(C(C)=C5N=C(C=C(N2)[C@H]1CCC(=O)OC)C(C)(C)[C@@H]5CCC(=O)OC)[C@](C)(CCC(=O)OC)[C@H]4CC(=O)OC)[C@@](C)(CC(=O)OC)[C@@H]3CCC(=O)OC. The highest BCUT2D eigenvalue weighted by Crippen LogP contribution is 2.62. The van der Waals surface area contributed by atoms with Crippen molar-refractivity contribution in [3.8, 4) is 12.3 Å². The van der Waals surface area contributed by atoms with Crippen LogP contribution in [0.3, 0.4) is 0 Å². The molecule has 0 saturated carbocycles. The maximum atomic E-state index is 14.2. The standard InChI is InChI=1S/C56H78N4O14/c1-16-17-18-27-74-46(67)30-54(7)34(19-22-40(61)68-10)38-29-39-52(4,5)35(20-23-41(62)69-11)47(58-39)32(2)49-53(6,26-25-43(64)71-13)37(28-44(65)72-14)51(59-49)56(9)55(8,31-45(66)73-15)36(21-24-42(63)70-12)48(60-56)33(3)50(54)57-38/h1,29,34-37,51,57H,17-28,30-31H2,2-15H3/b38-29?,47-32?,50-33-/t34-,35-,36-,37+,51?,53-,54+,55+,56+/m1/s1. The van der Waals surface area contributed by atoms with E-state index in [0.29, 0.717) is 64.6 Å². The molecule has 0 aromatic rings. The third kappa shape index (κ3) is 11.3. The van der Waals surface area contributed by atoms with Gasteiger partial charge in [0.15, 0.2) is 0 Å². The maximum Gasteiger partial charge on any atom is 0.306 e. The quantitative estimate of drug-likeness (QED) is 0.0513. The molecule has 406 valence electrons. The highest BCUT2D eigenvalue weighted by molar-refractivity contribution is 6.10. The molecule has 74 heavy (non-hydrogen) atoms. The number of unbranched alkanes of at least 4 members (excludes halogenated alkanes) is 1. The Morgan fingerprint density at radius 1 is 0.662 bits per heavy atom. The number of fused-ring (bicyclic) bond motifs is 6. The highest BCUT2D eigenvalue weighted by Gasteiger charge is 2.66. The normalized spacial score (nSPS) is 30.5. The molecular weight excluding hydrogens is 953 g/mol. The molecule has 1 N–H and O–H groups in total. The third-order valence-corrected chi connectivity index (χ3v) is 17.3. The van der Waals surface area contributed by atoms with Crippen LogP contribution < -0.4 is 5.32 Å². The maximum absolute atomic E-state index is 14.2. The molecule has 1 fully saturated rings. The fraction of sp³-hybridized carbons (Fsp3) is 0.679. The molecule has 5 rings (SSSR count). The van der Waals surface area contributed by atoms with Crippen molar-refractivity contribution < 1.29 is 66.7 Å². The lowest BCUT2D eigenvalue weighted by molar-refractivity contribution is -0.147. The predicted molar refractivity (Wildman–Crippen MR) is 275 cm³/mol. The van der Waals surface area contributed by atoms with Gasteiger partial charge in [-0.25, -0.2) is 0 Å². The average molecular weight is 1030 g/mol. The van der Waals surface area contributed by atoms with Gasteiger partial charge in [0.2, 0.25) is 0 Å². The summed E-state index contributed by atoms with van der Waals surface area (Å²) in [6, 6.07) is -0.903. The van der Waals surface area contributed by atoms with Gasteiger partial charge in [-0.2, -0.15) is 0 Å². The Morgan fingerprint density at radius 2 is 1.20 bits per heavy atom. The van der Waals surface area contributed by atoms with Crippen LogP contribution in [0.25, 0.3) is 0 Å². The second kappa shape index (κ2) is 23.6. The summed E-state index contributed by atoms with van der Waals surface area (Å²) in [4.78, 5) is 112. The zero-order valence-corrected chi connectivity index (χ0v) is 46.0. The van der Waals surface area contributed by atoms with Gasteiger partial charge in [0.05, 0.1) is 80.1 Å². The van der Waals surface area contributed by atoms with Crippen LogP contribution in [0.5, 0.6) is 0 Å². The molecule has 0 spiro atoms. The number of terminal acetylenes is 1. The first-order chi connectivity index (χ1) is 34.8. The van der Waals surface area contributed by atoms with Gasteiger partial charge in [-0.1, -0.05) is 34.6 Å². The van der Waals surface area contributed by atoms with E-state index in [-0.39, 0.29) is 70.8 Å². The van der Waals surface area contributed by atoms with Gasteiger partial charge in [0, 0.05) is 112 Å². The van der Waals surface area contributed by atoms with E-state index in [0.717, 1.165) is 0 Å². The smallest absolute Gasteiger partial charge is 0.306 e. The lowest BCUT2D eigenvalue weighted by Gasteiger charge is -2.48. The molecule has 5 aliphatic rings. The van der Waals surface area contributed by atoms with Gasteiger partial charge in [0.25, 0.3) is 0 Å². The van der Waals surface area contributed by atoms with Crippen molar-refractivity contribution in [1.82, 2.24) is 5.32 Å². The van der Waals surface area contributed by atoms with Gasteiger partial charge in [-0.15, -0.1) is 12.3 Å². The molecule has 8 bridgehead atoms. The minimum Gasteiger partial charge on any atom is -0.469 e. The number of ether oxygens (including phenoxy) is 7. The lowest BCUT2D eigenvalue weighted by atomic mass is 9.55. The largest absolute Gasteiger partial charge is 0.469 e. The Kier molecular flexibility index (Phi) is 18.7. The summed E-state index contributed by atoms with van der Waals surface area (Å²) < 4.78 is 37.4. The van der Waals surface area contributed by atoms with Crippen molar-refractivity contribution in [2.45, 2.75) is 150 Å². The Morgan fingerprint density at radius 3 is 1.76 bits per heavy atom. The second-order valence-corrected chi connectivity index (χ2v) is 21.7. The molecule has 0 aliphatic carbocycles. The monoisotopic (exact) mass is 1030 g/mol. The van der Waals surface area contributed by atoms with Crippen molar-refractivity contribution in [1.29, 1.82) is 0 Å². The zero-order valence-electron chi connectivity index (χ0n) is 46.0. The number of carbonyl (C=O) groups excluding carboxylic acids is 7. The molecular formula is C56H78N4O14. The molecule has 0 radical (unpaired) electrons. The van der Waals surface area contributed by atoms with E-state index in [1.807, 2.05) is 47.6 Å². The van der Waals surface area contributed by atoms with Crippen molar-refractivity contribution >= 4 is 58.9 Å². The number of nitrogens with zero attached hydrogens (tertiary/aromatic N) is 3. The first kappa shape index (κ1) is 58.8. The van der Waals surface area contributed by atoms with Gasteiger partial charge in [-0.3, -0.25) is 48.5 Å². The van der Waals surface area contributed by atoms with Crippen molar-refractivity contribution in [2.24, 2.45) is 60.3 Å². The van der Waals surface area contributed by atoms with Crippen LogP contribution in [0.15, 0.2) is 49.3 Å². The summed E-state index contributed by atoms with van der Waals surface area (Å²) in [6.07, 6.45) is 8.66. The van der Waals surface area contributed by atoms with E-state index in [1.165, 1.54) is 42.7 Å². The summed E-state index contributed by atoms with van der Waals surface area (Å²) in [5, 5.41) is 3.76. The summed E-state index contributed by atoms with van der Waals surface area (Å²) >= 11 is 0. The number of hydrogen-bond acceptors (Lipinski definition) is 18. The minimum atomic E-state index is -1.39. The number of esters is 7. The van der Waals surface area contributed by atoms with E-state index >= 15 is 0 Å². The van der Waals surface area contributed by atoms with E-state index in [9.17, 15) is 33.6 Å². The van der Waals surface area contributed by atoms with Crippen LogP contribution in [-0.2, 0) is 66.7 Å². The van der Waals surface area contributed by atoms with Crippen molar-refractivity contribution in [3.63, 3.8) is 0 Å². The summed E-state index contributed by atoms with van der Waals surface area (Å²) in [5.41, 5.74) is -0.687. The van der Waals surface area contributed by atoms with Crippen LogP contribution >= 0.6 is 0 Å². The highest BCUT2D eigenvalue weighted by atomic mass is 16.5. The molecule has 0 aromatic heterocycles. The van der Waals surface area contributed by atoms with Crippen LogP contribution in [0.4, 0.5) is 0 Å². The van der Waals surface area contributed by atoms with Crippen LogP contribution in [-0.4, -0.2) is 120 Å². The van der Waals surface area contributed by atoms with Crippen LogP contribution in [0, 0.1) is 57.7 Å². The number of allylic oxidation sites excluding steroid dienone is 6. The first-order valence-electron chi connectivity index (χ1n) is 25.5. The van der Waals surface area contributed by atoms with E-state index in [2.05, 4.69) is 25.1 Å². The van der Waals surface area contributed by atoms with Crippen molar-refractivity contribution in [2.75, 3.05) is 49.3 Å². The molecule has 5 heterocycles. The summed E-state index contributed by atoms with van der Waals surface area (Å²) in [7, 11) is 7.89. The Balaban J connectivity index is 2.03. The van der Waals surface area contributed by atoms with Gasteiger partial charge >= 0.3 is 41.8 Å². The molecule has 5 aliphatic heterocycles. The number of nitrogens with one attached hydrogen (secondary N) is 1. The van der Waals surface area contributed by atoms with Crippen LogP contribution in [0.1, 0.15) is 139 Å². The van der Waals surface area contributed by atoms with Gasteiger partial charge < -0.3 is 38.5 Å². The van der Waals surface area contributed by atoms with Gasteiger partial charge in [0.1, 0.15) is 0 Å². The average Bonchev–Trinajstić information content (AvgIpc) is 3.98. The Bertz CT molecular complexity index is 2490. The molecule has 18 heteroatoms. The lowest BCUT2D eigenvalue weighted by Crippen LogP contribution is -2.55. The molecule has 0 aromatic carbocycles. The minimum absolute atomic E-state index is 0.00752. The van der Waals surface area contributed by atoms with E-state index in [4.69, 9.17) is 54.6 Å². The molecule has 18 nitrogen and oxygen atoms in total.